The van der Waals surface area contributed by atoms with E-state index >= 15 is 0 Å². The van der Waals surface area contributed by atoms with Crippen molar-refractivity contribution in [2.24, 2.45) is 0 Å². The summed E-state index contributed by atoms with van der Waals surface area (Å²) in [7, 11) is 0. The highest BCUT2D eigenvalue weighted by atomic mass is 14.9. The molecular formula is C13H18N2. The molecule has 2 nitrogen and oxygen atoms in total. The van der Waals surface area contributed by atoms with Crippen molar-refractivity contribution in [1.29, 1.82) is 5.26 Å². The van der Waals surface area contributed by atoms with Gasteiger partial charge in [-0.2, -0.15) is 5.26 Å². The van der Waals surface area contributed by atoms with Gasteiger partial charge in [0.25, 0.3) is 0 Å². The molecule has 1 aromatic rings. The minimum atomic E-state index is -0.166. The number of hydrogen-bond acceptors (Lipinski definition) is 2. The van der Waals surface area contributed by atoms with E-state index in [0.29, 0.717) is 0 Å². The molecular weight excluding hydrogens is 184 g/mol. The third-order valence-electron chi connectivity index (χ3n) is 2.47. The summed E-state index contributed by atoms with van der Waals surface area (Å²) < 4.78 is 0. The maximum atomic E-state index is 9.11. The fourth-order valence-electron chi connectivity index (χ4n) is 1.65. The van der Waals surface area contributed by atoms with E-state index < -0.39 is 0 Å². The molecule has 1 rings (SSSR count). The van der Waals surface area contributed by atoms with E-state index in [1.807, 2.05) is 18.2 Å². The minimum absolute atomic E-state index is 0.166. The lowest BCUT2D eigenvalue weighted by molar-refractivity contribution is 0.617. The summed E-state index contributed by atoms with van der Waals surface area (Å²) in [6, 6.07) is 10.3. The van der Waals surface area contributed by atoms with E-state index in [1.165, 1.54) is 5.56 Å². The van der Waals surface area contributed by atoms with Crippen LogP contribution in [-0.2, 0) is 6.42 Å². The highest BCUT2D eigenvalue weighted by Gasteiger charge is 2.11. The van der Waals surface area contributed by atoms with Gasteiger partial charge < -0.3 is 0 Å². The zero-order valence-corrected chi connectivity index (χ0v) is 9.46. The van der Waals surface area contributed by atoms with E-state index in [4.69, 9.17) is 5.26 Å². The number of aryl methyl sites for hydroxylation is 1. The van der Waals surface area contributed by atoms with Crippen LogP contribution in [0.2, 0.25) is 0 Å². The molecule has 80 valence electrons. The standard InChI is InChI=1S/C13H18N2/c1-3-9-15-13(10-14)12-8-6-5-7-11(12)4-2/h5-8,13,15H,3-4,9H2,1-2H3. The first-order valence-electron chi connectivity index (χ1n) is 5.54. The van der Waals surface area contributed by atoms with Crippen molar-refractivity contribution in [3.8, 4) is 6.07 Å². The molecule has 15 heavy (non-hydrogen) atoms. The Morgan fingerprint density at radius 3 is 2.67 bits per heavy atom. The normalized spacial score (nSPS) is 12.1. The molecule has 0 aliphatic heterocycles. The van der Waals surface area contributed by atoms with Gasteiger partial charge in [0.05, 0.1) is 6.07 Å². The van der Waals surface area contributed by atoms with Crippen LogP contribution < -0.4 is 5.32 Å². The molecule has 0 spiro atoms. The van der Waals surface area contributed by atoms with Crippen LogP contribution in [0.1, 0.15) is 37.4 Å². The number of nitriles is 1. The first kappa shape index (κ1) is 11.7. The molecule has 0 amide bonds. The van der Waals surface area contributed by atoms with Crippen molar-refractivity contribution in [1.82, 2.24) is 5.32 Å². The second-order valence-corrected chi connectivity index (χ2v) is 3.57. The van der Waals surface area contributed by atoms with Crippen LogP contribution >= 0.6 is 0 Å². The molecule has 2 heteroatoms. The van der Waals surface area contributed by atoms with Crippen molar-refractivity contribution in [2.75, 3.05) is 6.54 Å². The van der Waals surface area contributed by atoms with Crippen molar-refractivity contribution >= 4 is 0 Å². The number of nitrogens with zero attached hydrogens (tertiary/aromatic N) is 1. The van der Waals surface area contributed by atoms with Gasteiger partial charge in [0.2, 0.25) is 0 Å². The van der Waals surface area contributed by atoms with Gasteiger partial charge in [-0.15, -0.1) is 0 Å². The van der Waals surface area contributed by atoms with Gasteiger partial charge in [0, 0.05) is 0 Å². The predicted molar refractivity (Wildman–Crippen MR) is 62.5 cm³/mol. The lowest BCUT2D eigenvalue weighted by Crippen LogP contribution is -2.21. The fourth-order valence-corrected chi connectivity index (χ4v) is 1.65. The Balaban J connectivity index is 2.86. The lowest BCUT2D eigenvalue weighted by atomic mass is 9.99. The number of hydrogen-bond donors (Lipinski definition) is 1. The van der Waals surface area contributed by atoms with Gasteiger partial charge in [-0.05, 0) is 30.5 Å². The van der Waals surface area contributed by atoms with Crippen LogP contribution in [0, 0.1) is 11.3 Å². The minimum Gasteiger partial charge on any atom is -0.298 e. The van der Waals surface area contributed by atoms with Gasteiger partial charge in [-0.1, -0.05) is 38.1 Å². The van der Waals surface area contributed by atoms with Crippen molar-refractivity contribution in [3.05, 3.63) is 35.4 Å². The molecule has 0 heterocycles. The summed E-state index contributed by atoms with van der Waals surface area (Å²) in [5, 5.41) is 12.4. The summed E-state index contributed by atoms with van der Waals surface area (Å²) in [6.45, 7) is 5.11. The molecule has 0 aliphatic carbocycles. The molecule has 0 aliphatic rings. The molecule has 1 aromatic carbocycles. The van der Waals surface area contributed by atoms with Crippen LogP contribution in [0.5, 0.6) is 0 Å². The molecule has 1 atom stereocenters. The summed E-state index contributed by atoms with van der Waals surface area (Å²) in [5.74, 6) is 0. The van der Waals surface area contributed by atoms with Gasteiger partial charge in [-0.3, -0.25) is 5.32 Å². The monoisotopic (exact) mass is 202 g/mol. The Morgan fingerprint density at radius 2 is 2.07 bits per heavy atom. The summed E-state index contributed by atoms with van der Waals surface area (Å²) in [6.07, 6.45) is 2.02. The highest BCUT2D eigenvalue weighted by molar-refractivity contribution is 5.33. The average molecular weight is 202 g/mol. The second kappa shape index (κ2) is 6.21. The Kier molecular flexibility index (Phi) is 4.86. The van der Waals surface area contributed by atoms with Crippen LogP contribution in [-0.4, -0.2) is 6.54 Å². The van der Waals surface area contributed by atoms with Crippen LogP contribution in [0.3, 0.4) is 0 Å². The number of nitrogens with one attached hydrogen (secondary N) is 1. The Morgan fingerprint density at radius 1 is 1.33 bits per heavy atom. The van der Waals surface area contributed by atoms with Gasteiger partial charge in [0.15, 0.2) is 0 Å². The predicted octanol–water partition coefficient (Wildman–Crippen LogP) is 2.81. The molecule has 0 fully saturated rings. The van der Waals surface area contributed by atoms with E-state index in [-0.39, 0.29) is 6.04 Å². The molecule has 0 saturated carbocycles. The maximum Gasteiger partial charge on any atom is 0.121 e. The van der Waals surface area contributed by atoms with Crippen LogP contribution in [0.15, 0.2) is 24.3 Å². The Labute approximate surface area is 91.9 Å². The molecule has 0 bridgehead atoms. The number of rotatable bonds is 5. The summed E-state index contributed by atoms with van der Waals surface area (Å²) in [5.41, 5.74) is 2.38. The Bertz CT molecular complexity index is 339. The third-order valence-corrected chi connectivity index (χ3v) is 2.47. The first-order valence-corrected chi connectivity index (χ1v) is 5.54. The summed E-state index contributed by atoms with van der Waals surface area (Å²) >= 11 is 0. The Hall–Kier alpha value is -1.33. The van der Waals surface area contributed by atoms with E-state index in [2.05, 4.69) is 31.3 Å². The average Bonchev–Trinajstić information content (AvgIpc) is 2.30. The SMILES string of the molecule is CCCNC(C#N)c1ccccc1CC. The highest BCUT2D eigenvalue weighted by Crippen LogP contribution is 2.17. The van der Waals surface area contributed by atoms with Crippen LogP contribution in [0.25, 0.3) is 0 Å². The van der Waals surface area contributed by atoms with Crippen molar-refractivity contribution < 1.29 is 0 Å². The van der Waals surface area contributed by atoms with E-state index in [0.717, 1.165) is 24.9 Å². The van der Waals surface area contributed by atoms with Gasteiger partial charge >= 0.3 is 0 Å². The van der Waals surface area contributed by atoms with Crippen molar-refractivity contribution in [2.45, 2.75) is 32.7 Å². The summed E-state index contributed by atoms with van der Waals surface area (Å²) in [4.78, 5) is 0. The fraction of sp³-hybridized carbons (Fsp3) is 0.462. The van der Waals surface area contributed by atoms with Gasteiger partial charge in [0.1, 0.15) is 6.04 Å². The quantitative estimate of drug-likeness (QED) is 0.797. The lowest BCUT2D eigenvalue weighted by Gasteiger charge is -2.14. The zero-order chi connectivity index (χ0) is 11.1. The zero-order valence-electron chi connectivity index (χ0n) is 9.46. The van der Waals surface area contributed by atoms with Crippen molar-refractivity contribution in [3.63, 3.8) is 0 Å². The third kappa shape index (κ3) is 3.07. The molecule has 0 aromatic heterocycles. The van der Waals surface area contributed by atoms with Crippen LogP contribution in [0.4, 0.5) is 0 Å². The van der Waals surface area contributed by atoms with E-state index in [9.17, 15) is 0 Å². The topological polar surface area (TPSA) is 35.8 Å². The molecule has 1 unspecified atom stereocenters. The molecule has 0 radical (unpaired) electrons. The maximum absolute atomic E-state index is 9.11. The second-order valence-electron chi connectivity index (χ2n) is 3.57. The van der Waals surface area contributed by atoms with Gasteiger partial charge in [-0.25, -0.2) is 0 Å². The largest absolute Gasteiger partial charge is 0.298 e. The molecule has 1 N–H and O–H groups in total. The molecule has 0 saturated heterocycles. The first-order chi connectivity index (χ1) is 7.33. The smallest absolute Gasteiger partial charge is 0.121 e. The van der Waals surface area contributed by atoms with E-state index in [1.54, 1.807) is 0 Å². The number of benzene rings is 1.